The molecule has 1 N–H and O–H groups in total. The van der Waals surface area contributed by atoms with E-state index >= 15 is 0 Å². The Kier molecular flexibility index (Phi) is 6.85. The van der Waals surface area contributed by atoms with E-state index < -0.39 is 0 Å². The fourth-order valence-corrected chi connectivity index (χ4v) is 4.00. The quantitative estimate of drug-likeness (QED) is 0.723. The number of carbonyl (C=O) groups excluding carboxylic acids is 1. The third kappa shape index (κ3) is 4.38. The lowest BCUT2D eigenvalue weighted by atomic mass is 9.71. The van der Waals surface area contributed by atoms with Crippen molar-refractivity contribution in [2.24, 2.45) is 11.8 Å². The zero-order chi connectivity index (χ0) is 17.7. The highest BCUT2D eigenvalue weighted by Crippen LogP contribution is 2.44. The number of ether oxygens (including phenoxy) is 1. The van der Waals surface area contributed by atoms with Crippen molar-refractivity contribution >= 4 is 5.97 Å². The first-order valence-electron chi connectivity index (χ1n) is 9.30. The van der Waals surface area contributed by atoms with Crippen molar-refractivity contribution in [1.82, 2.24) is 0 Å². The molecule has 0 radical (unpaired) electrons. The molecule has 3 nitrogen and oxygen atoms in total. The van der Waals surface area contributed by atoms with Crippen molar-refractivity contribution < 1.29 is 14.6 Å². The molecule has 4 unspecified atom stereocenters. The van der Waals surface area contributed by atoms with Gasteiger partial charge in [0, 0.05) is 6.61 Å². The number of benzene rings is 1. The van der Waals surface area contributed by atoms with E-state index in [-0.39, 0.29) is 12.6 Å². The topological polar surface area (TPSA) is 46.5 Å². The van der Waals surface area contributed by atoms with E-state index in [0.717, 1.165) is 12.8 Å². The van der Waals surface area contributed by atoms with Gasteiger partial charge in [0.2, 0.25) is 0 Å². The molecule has 4 atom stereocenters. The highest BCUT2D eigenvalue weighted by atomic mass is 16.5. The van der Waals surface area contributed by atoms with E-state index in [4.69, 9.17) is 4.74 Å². The van der Waals surface area contributed by atoms with Gasteiger partial charge in [0.05, 0.1) is 12.7 Å². The maximum atomic E-state index is 11.9. The molecule has 3 heteroatoms. The van der Waals surface area contributed by atoms with Gasteiger partial charge >= 0.3 is 5.97 Å². The largest absolute Gasteiger partial charge is 0.465 e. The van der Waals surface area contributed by atoms with Crippen molar-refractivity contribution in [1.29, 1.82) is 0 Å². The summed E-state index contributed by atoms with van der Waals surface area (Å²) in [5, 5.41) is 9.17. The molecule has 1 aromatic rings. The number of hydrogen-bond acceptors (Lipinski definition) is 3. The maximum absolute atomic E-state index is 11.9. The van der Waals surface area contributed by atoms with E-state index in [1.807, 2.05) is 6.07 Å². The van der Waals surface area contributed by atoms with Crippen LogP contribution in [0, 0.1) is 11.8 Å². The monoisotopic (exact) mass is 332 g/mol. The molecule has 24 heavy (non-hydrogen) atoms. The maximum Gasteiger partial charge on any atom is 0.337 e. The van der Waals surface area contributed by atoms with E-state index in [9.17, 15) is 9.90 Å². The van der Waals surface area contributed by atoms with Gasteiger partial charge in [-0.2, -0.15) is 0 Å². The molecule has 1 aromatic carbocycles. The van der Waals surface area contributed by atoms with Crippen LogP contribution in [0.5, 0.6) is 0 Å². The van der Waals surface area contributed by atoms with Crippen LogP contribution in [0.25, 0.3) is 0 Å². The van der Waals surface area contributed by atoms with Crippen LogP contribution in [0.1, 0.15) is 86.2 Å². The third-order valence-electron chi connectivity index (χ3n) is 5.70. The Morgan fingerprint density at radius 2 is 2.00 bits per heavy atom. The van der Waals surface area contributed by atoms with E-state index in [0.29, 0.717) is 29.2 Å². The molecule has 134 valence electrons. The molecule has 0 saturated heterocycles. The summed E-state index contributed by atoms with van der Waals surface area (Å²) in [6.07, 6.45) is 5.81. The van der Waals surface area contributed by atoms with Gasteiger partial charge in [-0.3, -0.25) is 0 Å². The predicted octanol–water partition coefficient (Wildman–Crippen LogP) is 4.89. The Bertz CT molecular complexity index is 552. The molecule has 1 aliphatic carbocycles. The fourth-order valence-electron chi connectivity index (χ4n) is 4.00. The summed E-state index contributed by atoms with van der Waals surface area (Å²) in [6, 6.07) is 6.09. The second kappa shape index (κ2) is 8.66. The average Bonchev–Trinajstić information content (AvgIpc) is 2.60. The van der Waals surface area contributed by atoms with Crippen LogP contribution >= 0.6 is 0 Å². The molecule has 0 spiro atoms. The highest BCUT2D eigenvalue weighted by molar-refractivity contribution is 5.89. The number of rotatable bonds is 7. The zero-order valence-electron chi connectivity index (χ0n) is 15.5. The molecule has 0 bridgehead atoms. The summed E-state index contributed by atoms with van der Waals surface area (Å²) < 4.78 is 4.89. The number of esters is 1. The minimum Gasteiger partial charge on any atom is -0.465 e. The Hall–Kier alpha value is -1.35. The Morgan fingerprint density at radius 3 is 2.67 bits per heavy atom. The lowest BCUT2D eigenvalue weighted by Gasteiger charge is -2.34. The van der Waals surface area contributed by atoms with Gasteiger partial charge in [-0.05, 0) is 66.2 Å². The molecule has 0 aromatic heterocycles. The molecule has 0 saturated carbocycles. The van der Waals surface area contributed by atoms with Crippen LogP contribution in [-0.4, -0.2) is 24.8 Å². The second-order valence-electron chi connectivity index (χ2n) is 7.62. The molecular formula is C21H32O3. The van der Waals surface area contributed by atoms with Crippen LogP contribution in [0.2, 0.25) is 0 Å². The van der Waals surface area contributed by atoms with Crippen molar-refractivity contribution in [3.63, 3.8) is 0 Å². The zero-order valence-corrected chi connectivity index (χ0v) is 15.5. The summed E-state index contributed by atoms with van der Waals surface area (Å²) in [5.74, 6) is 1.81. The number of hydrogen-bond donors (Lipinski definition) is 1. The molecule has 0 aliphatic heterocycles. The van der Waals surface area contributed by atoms with Gasteiger partial charge in [0.15, 0.2) is 0 Å². The summed E-state index contributed by atoms with van der Waals surface area (Å²) >= 11 is 0. The third-order valence-corrected chi connectivity index (χ3v) is 5.70. The van der Waals surface area contributed by atoms with Gasteiger partial charge in [-0.25, -0.2) is 4.79 Å². The second-order valence-corrected chi connectivity index (χ2v) is 7.62. The number of aliphatic hydroxyl groups excluding tert-OH is 1. The van der Waals surface area contributed by atoms with Gasteiger partial charge in [-0.15, -0.1) is 0 Å². The average molecular weight is 332 g/mol. The lowest BCUT2D eigenvalue weighted by Crippen LogP contribution is -2.20. The van der Waals surface area contributed by atoms with E-state index in [1.54, 1.807) is 0 Å². The van der Waals surface area contributed by atoms with Crippen molar-refractivity contribution in [2.45, 2.75) is 64.7 Å². The molecular weight excluding hydrogens is 300 g/mol. The first-order chi connectivity index (χ1) is 11.5. The Balaban J connectivity index is 2.15. The molecule has 0 heterocycles. The summed E-state index contributed by atoms with van der Waals surface area (Å²) in [7, 11) is 1.44. The lowest BCUT2D eigenvalue weighted by molar-refractivity contribution is 0.0600. The van der Waals surface area contributed by atoms with Crippen LogP contribution in [0.15, 0.2) is 18.2 Å². The van der Waals surface area contributed by atoms with E-state index in [2.05, 4.69) is 32.9 Å². The highest BCUT2D eigenvalue weighted by Gasteiger charge is 2.29. The van der Waals surface area contributed by atoms with Crippen molar-refractivity contribution in [3.05, 3.63) is 34.9 Å². The first-order valence-corrected chi connectivity index (χ1v) is 9.30. The number of carbonyl (C=O) groups is 1. The summed E-state index contributed by atoms with van der Waals surface area (Å²) in [5.41, 5.74) is 3.41. The molecule has 1 aliphatic rings. The minimum absolute atomic E-state index is 0.251. The van der Waals surface area contributed by atoms with Gasteiger partial charge in [0.25, 0.3) is 0 Å². The van der Waals surface area contributed by atoms with Crippen molar-refractivity contribution in [2.75, 3.05) is 13.7 Å². The van der Waals surface area contributed by atoms with Gasteiger partial charge in [0.1, 0.15) is 0 Å². The fraction of sp³-hybridized carbons (Fsp3) is 0.667. The van der Waals surface area contributed by atoms with Gasteiger partial charge in [-0.1, -0.05) is 39.7 Å². The normalized spacial score (nSPS) is 22.5. The smallest absolute Gasteiger partial charge is 0.337 e. The SMILES string of the molecule is COC(=O)c1ccc2c(c1)C(C(C)CCCC(C)CO)CCC2C. The summed E-state index contributed by atoms with van der Waals surface area (Å²) in [6.45, 7) is 6.99. The van der Waals surface area contributed by atoms with Crippen LogP contribution in [0.4, 0.5) is 0 Å². The van der Waals surface area contributed by atoms with Crippen LogP contribution in [0.3, 0.4) is 0 Å². The van der Waals surface area contributed by atoms with Crippen molar-refractivity contribution in [3.8, 4) is 0 Å². The Labute approximate surface area is 146 Å². The standard InChI is InChI=1S/C21H32O3/c1-14(13-22)6-5-7-15(2)18-10-8-16(3)19-11-9-17(12-20(18)19)21(23)24-4/h9,11-12,14-16,18,22H,5-8,10,13H2,1-4H3. The molecule has 0 amide bonds. The Morgan fingerprint density at radius 1 is 1.25 bits per heavy atom. The minimum atomic E-state index is -0.251. The van der Waals surface area contributed by atoms with Gasteiger partial charge < -0.3 is 9.84 Å². The molecule has 2 rings (SSSR count). The number of fused-ring (bicyclic) bond motifs is 1. The van der Waals surface area contributed by atoms with E-state index in [1.165, 1.54) is 37.5 Å². The van der Waals surface area contributed by atoms with Crippen LogP contribution in [-0.2, 0) is 4.74 Å². The first kappa shape index (κ1) is 19.0. The van der Waals surface area contributed by atoms with Crippen LogP contribution < -0.4 is 0 Å². The number of methoxy groups -OCH3 is 1. The predicted molar refractivity (Wildman–Crippen MR) is 97.4 cm³/mol. The summed E-state index contributed by atoms with van der Waals surface area (Å²) in [4.78, 5) is 11.9. The molecule has 0 fully saturated rings. The number of aliphatic hydroxyl groups is 1.